The fourth-order valence-electron chi connectivity index (χ4n) is 4.65. The van der Waals surface area contributed by atoms with E-state index in [1.165, 1.54) is 10.6 Å². The van der Waals surface area contributed by atoms with E-state index in [-0.39, 0.29) is 29.0 Å². The van der Waals surface area contributed by atoms with E-state index in [1.807, 2.05) is 6.07 Å². The first-order valence-corrected chi connectivity index (χ1v) is 11.4. The predicted octanol–water partition coefficient (Wildman–Crippen LogP) is 1.68. The van der Waals surface area contributed by atoms with Crippen LogP contribution in [0.2, 0.25) is 0 Å². The number of nitrogens with one attached hydrogen (secondary N) is 1. The lowest BCUT2D eigenvalue weighted by Crippen LogP contribution is -2.44. The third kappa shape index (κ3) is 5.12. The fourth-order valence-corrected chi connectivity index (χ4v) is 4.65. The van der Waals surface area contributed by atoms with Crippen molar-refractivity contribution in [1.82, 2.24) is 24.5 Å². The van der Waals surface area contributed by atoms with Crippen LogP contribution in [0.5, 0.6) is 0 Å². The lowest BCUT2D eigenvalue weighted by atomic mass is 9.98. The second kappa shape index (κ2) is 10.0. The van der Waals surface area contributed by atoms with Crippen molar-refractivity contribution in [2.75, 3.05) is 32.7 Å². The molecule has 2 saturated heterocycles. The van der Waals surface area contributed by atoms with Crippen LogP contribution in [0, 0.1) is 0 Å². The molecular weight excluding hydrogens is 394 g/mol. The SMILES string of the molecule is O=C1CC2CCCCN2CCCN(C(=O)c2cnc3ccccn3c2=O)CCCCN1. The summed E-state index contributed by atoms with van der Waals surface area (Å²) in [6.45, 7) is 3.64. The molecular formula is C23H31N5O3. The van der Waals surface area contributed by atoms with E-state index < -0.39 is 0 Å². The summed E-state index contributed by atoms with van der Waals surface area (Å²) in [4.78, 5) is 46.9. The van der Waals surface area contributed by atoms with Crippen LogP contribution in [-0.2, 0) is 4.79 Å². The second-order valence-corrected chi connectivity index (χ2v) is 8.50. The Hall–Kier alpha value is -2.74. The first-order chi connectivity index (χ1) is 15.1. The van der Waals surface area contributed by atoms with Gasteiger partial charge in [0.15, 0.2) is 0 Å². The van der Waals surface area contributed by atoms with Crippen LogP contribution in [0.15, 0.2) is 35.4 Å². The highest BCUT2D eigenvalue weighted by Crippen LogP contribution is 2.20. The number of pyridine rings is 1. The third-order valence-corrected chi connectivity index (χ3v) is 6.35. The van der Waals surface area contributed by atoms with Gasteiger partial charge in [0, 0.05) is 51.0 Å². The topological polar surface area (TPSA) is 87.0 Å². The highest BCUT2D eigenvalue weighted by molar-refractivity contribution is 5.93. The van der Waals surface area contributed by atoms with Gasteiger partial charge in [0.05, 0.1) is 0 Å². The molecule has 8 heteroatoms. The number of fused-ring (bicyclic) bond motifs is 2. The zero-order valence-electron chi connectivity index (χ0n) is 18.0. The fraction of sp³-hybridized carbons (Fsp3) is 0.565. The predicted molar refractivity (Wildman–Crippen MR) is 118 cm³/mol. The molecule has 0 radical (unpaired) electrons. The summed E-state index contributed by atoms with van der Waals surface area (Å²) >= 11 is 0. The first kappa shape index (κ1) is 21.5. The van der Waals surface area contributed by atoms with Crippen molar-refractivity contribution in [2.45, 2.75) is 51.0 Å². The summed E-state index contributed by atoms with van der Waals surface area (Å²) in [6.07, 6.45) is 9.38. The quantitative estimate of drug-likeness (QED) is 0.751. The Morgan fingerprint density at radius 2 is 1.81 bits per heavy atom. The van der Waals surface area contributed by atoms with Crippen molar-refractivity contribution >= 4 is 17.5 Å². The zero-order valence-corrected chi connectivity index (χ0v) is 18.0. The smallest absolute Gasteiger partial charge is 0.270 e. The molecule has 2 fully saturated rings. The van der Waals surface area contributed by atoms with E-state index >= 15 is 0 Å². The lowest BCUT2D eigenvalue weighted by molar-refractivity contribution is -0.122. The molecule has 4 heterocycles. The largest absolute Gasteiger partial charge is 0.356 e. The molecule has 1 unspecified atom stereocenters. The maximum Gasteiger partial charge on any atom is 0.270 e. The Bertz CT molecular complexity index is 989. The van der Waals surface area contributed by atoms with Crippen LogP contribution in [-0.4, -0.2) is 69.8 Å². The molecule has 8 nitrogen and oxygen atoms in total. The maximum absolute atomic E-state index is 13.3. The average Bonchev–Trinajstić information content (AvgIpc) is 2.80. The Morgan fingerprint density at radius 1 is 1.00 bits per heavy atom. The number of rotatable bonds is 1. The monoisotopic (exact) mass is 425 g/mol. The van der Waals surface area contributed by atoms with Crippen LogP contribution in [0.1, 0.15) is 55.3 Å². The molecule has 0 bridgehead atoms. The summed E-state index contributed by atoms with van der Waals surface area (Å²) in [5.74, 6) is -0.135. The van der Waals surface area contributed by atoms with Gasteiger partial charge in [-0.05, 0) is 50.8 Å². The Morgan fingerprint density at radius 3 is 2.71 bits per heavy atom. The second-order valence-electron chi connectivity index (χ2n) is 8.50. The van der Waals surface area contributed by atoms with Crippen molar-refractivity contribution in [3.05, 3.63) is 46.5 Å². The standard InChI is InChI=1S/C23H31N5O3/c29-21-16-18-8-1-4-11-26(18)13-7-14-27(12-6-3-10-24-21)22(30)19-17-25-20-9-2-5-15-28(20)23(19)31/h2,5,9,15,17-18H,1,3-4,6-8,10-14,16H2,(H,24,29). The molecule has 1 atom stereocenters. The number of carbonyl (C=O) groups excluding carboxylic acids is 2. The van der Waals surface area contributed by atoms with E-state index in [4.69, 9.17) is 0 Å². The van der Waals surface area contributed by atoms with Crippen LogP contribution in [0.3, 0.4) is 0 Å². The van der Waals surface area contributed by atoms with Crippen molar-refractivity contribution in [3.63, 3.8) is 0 Å². The zero-order chi connectivity index (χ0) is 21.6. The molecule has 2 amide bonds. The summed E-state index contributed by atoms with van der Waals surface area (Å²) in [5.41, 5.74) is 0.305. The number of hydrogen-bond donors (Lipinski definition) is 1. The van der Waals surface area contributed by atoms with Gasteiger partial charge < -0.3 is 10.2 Å². The van der Waals surface area contributed by atoms with Gasteiger partial charge in [-0.2, -0.15) is 0 Å². The van der Waals surface area contributed by atoms with Crippen LogP contribution < -0.4 is 10.9 Å². The summed E-state index contributed by atoms with van der Waals surface area (Å²) < 4.78 is 1.42. The van der Waals surface area contributed by atoms with E-state index in [0.717, 1.165) is 51.6 Å². The summed E-state index contributed by atoms with van der Waals surface area (Å²) in [6, 6.07) is 5.60. The van der Waals surface area contributed by atoms with Gasteiger partial charge in [0.1, 0.15) is 11.2 Å². The van der Waals surface area contributed by atoms with Gasteiger partial charge in [-0.25, -0.2) is 4.98 Å². The van der Waals surface area contributed by atoms with Gasteiger partial charge in [-0.1, -0.05) is 12.5 Å². The highest BCUT2D eigenvalue weighted by Gasteiger charge is 2.26. The molecule has 0 aromatic carbocycles. The molecule has 0 saturated carbocycles. The molecule has 1 N–H and O–H groups in total. The molecule has 0 aliphatic carbocycles. The van der Waals surface area contributed by atoms with Gasteiger partial charge in [-0.3, -0.25) is 23.7 Å². The molecule has 166 valence electrons. The minimum Gasteiger partial charge on any atom is -0.356 e. The molecule has 2 aliphatic rings. The van der Waals surface area contributed by atoms with Crippen LogP contribution >= 0.6 is 0 Å². The summed E-state index contributed by atoms with van der Waals surface area (Å²) in [5, 5.41) is 3.03. The number of aromatic nitrogens is 2. The maximum atomic E-state index is 13.3. The van der Waals surface area contributed by atoms with E-state index in [1.54, 1.807) is 23.2 Å². The van der Waals surface area contributed by atoms with E-state index in [2.05, 4.69) is 15.2 Å². The number of carbonyl (C=O) groups is 2. The molecule has 2 aromatic heterocycles. The third-order valence-electron chi connectivity index (χ3n) is 6.35. The normalized spacial score (nSPS) is 22.0. The van der Waals surface area contributed by atoms with Crippen molar-refractivity contribution in [2.24, 2.45) is 0 Å². The minimum atomic E-state index is -0.332. The van der Waals surface area contributed by atoms with Crippen molar-refractivity contribution in [3.8, 4) is 0 Å². The van der Waals surface area contributed by atoms with Crippen molar-refractivity contribution < 1.29 is 9.59 Å². The van der Waals surface area contributed by atoms with Crippen LogP contribution in [0.4, 0.5) is 0 Å². The van der Waals surface area contributed by atoms with Crippen LogP contribution in [0.25, 0.3) is 5.65 Å². The van der Waals surface area contributed by atoms with E-state index in [0.29, 0.717) is 31.7 Å². The number of nitrogens with zero attached hydrogens (tertiary/aromatic N) is 4. The van der Waals surface area contributed by atoms with E-state index in [9.17, 15) is 14.4 Å². The van der Waals surface area contributed by atoms with Gasteiger partial charge in [0.25, 0.3) is 11.5 Å². The number of piperidine rings is 1. The summed E-state index contributed by atoms with van der Waals surface area (Å²) in [7, 11) is 0. The molecule has 4 rings (SSSR count). The van der Waals surface area contributed by atoms with Gasteiger partial charge in [0.2, 0.25) is 5.91 Å². The Kier molecular flexibility index (Phi) is 6.96. The number of amides is 2. The molecule has 2 aliphatic heterocycles. The Labute approximate surface area is 182 Å². The van der Waals surface area contributed by atoms with Crippen molar-refractivity contribution in [1.29, 1.82) is 0 Å². The highest BCUT2D eigenvalue weighted by atomic mass is 16.2. The molecule has 31 heavy (non-hydrogen) atoms. The lowest BCUT2D eigenvalue weighted by Gasteiger charge is -2.35. The average molecular weight is 426 g/mol. The first-order valence-electron chi connectivity index (χ1n) is 11.4. The molecule has 2 aromatic rings. The minimum absolute atomic E-state index is 0.108. The number of hydrogen-bond acceptors (Lipinski definition) is 5. The Balaban J connectivity index is 1.51. The van der Waals surface area contributed by atoms with Gasteiger partial charge in [-0.15, -0.1) is 0 Å². The molecule has 0 spiro atoms. The van der Waals surface area contributed by atoms with Gasteiger partial charge >= 0.3 is 0 Å².